The molecule has 2 rings (SSSR count). The van der Waals surface area contributed by atoms with Crippen LogP contribution in [0.5, 0.6) is 0 Å². The van der Waals surface area contributed by atoms with Gasteiger partial charge in [0, 0.05) is 32.7 Å². The van der Waals surface area contributed by atoms with Gasteiger partial charge < -0.3 is 4.90 Å². The Hall–Kier alpha value is -1.15. The molecule has 0 aromatic carbocycles. The largest absolute Gasteiger partial charge is 0.445 e. The van der Waals surface area contributed by atoms with Gasteiger partial charge in [0.05, 0.1) is 0 Å². The fourth-order valence-electron chi connectivity index (χ4n) is 2.62. The van der Waals surface area contributed by atoms with E-state index in [0.717, 1.165) is 26.1 Å². The Morgan fingerprint density at radius 2 is 1.82 bits per heavy atom. The Labute approximate surface area is 132 Å². The highest BCUT2D eigenvalue weighted by atomic mass is 32.1. The van der Waals surface area contributed by atoms with E-state index in [9.17, 15) is 13.2 Å². The van der Waals surface area contributed by atoms with Crippen LogP contribution in [0, 0.1) is 5.41 Å². The summed E-state index contributed by atoms with van der Waals surface area (Å²) in [6.07, 6.45) is -1.54. The predicted molar refractivity (Wildman–Crippen MR) is 82.2 cm³/mol. The third-order valence-corrected chi connectivity index (χ3v) is 4.68. The average molecular weight is 334 g/mol. The van der Waals surface area contributed by atoms with Crippen LogP contribution >= 0.6 is 11.3 Å². The zero-order valence-corrected chi connectivity index (χ0v) is 13.7. The maximum atomic E-state index is 12.6. The van der Waals surface area contributed by atoms with Gasteiger partial charge in [-0.3, -0.25) is 4.90 Å². The van der Waals surface area contributed by atoms with Crippen LogP contribution in [-0.2, 0) is 6.18 Å². The summed E-state index contributed by atoms with van der Waals surface area (Å²) < 4.78 is 37.7. The quantitative estimate of drug-likeness (QED) is 0.774. The summed E-state index contributed by atoms with van der Waals surface area (Å²) >= 11 is 0.616. The number of nitrogens with zero attached hydrogens (tertiary/aromatic N) is 4. The maximum Gasteiger partial charge on any atom is 0.445 e. The number of hydrogen-bond donors (Lipinski definition) is 0. The lowest BCUT2D eigenvalue weighted by Crippen LogP contribution is -2.49. The van der Waals surface area contributed by atoms with Crippen LogP contribution in [0.2, 0.25) is 0 Å². The molecule has 0 bridgehead atoms. The van der Waals surface area contributed by atoms with Gasteiger partial charge in [0.1, 0.15) is 0 Å². The highest BCUT2D eigenvalue weighted by Crippen LogP contribution is 2.34. The average Bonchev–Trinajstić information content (AvgIpc) is 2.88. The second kappa shape index (κ2) is 6.54. The molecule has 1 saturated heterocycles. The fraction of sp³-hybridized carbons (Fsp3) is 0.714. The summed E-state index contributed by atoms with van der Waals surface area (Å²) in [6, 6.07) is 0. The number of halogens is 3. The minimum Gasteiger partial charge on any atom is -0.344 e. The number of rotatable bonds is 5. The Bertz CT molecular complexity index is 504. The van der Waals surface area contributed by atoms with E-state index < -0.39 is 11.2 Å². The summed E-state index contributed by atoms with van der Waals surface area (Å²) in [5.41, 5.74) is 0.163. The second-order valence-electron chi connectivity index (χ2n) is 6.31. The van der Waals surface area contributed by atoms with Gasteiger partial charge in [-0.25, -0.2) is 0 Å². The molecule has 1 aromatic rings. The van der Waals surface area contributed by atoms with Gasteiger partial charge in [0.15, 0.2) is 0 Å². The van der Waals surface area contributed by atoms with E-state index in [1.165, 1.54) is 0 Å². The van der Waals surface area contributed by atoms with Crippen molar-refractivity contribution in [3.63, 3.8) is 0 Å². The Balaban J connectivity index is 1.89. The third-order valence-electron chi connectivity index (χ3n) is 3.65. The summed E-state index contributed by atoms with van der Waals surface area (Å²) in [5.74, 6) is 0. The van der Waals surface area contributed by atoms with Crippen LogP contribution < -0.4 is 4.90 Å². The number of alkyl halides is 3. The first-order valence-corrected chi connectivity index (χ1v) is 8.02. The molecule has 0 aliphatic carbocycles. The molecular formula is C14H21F3N4S. The first-order chi connectivity index (χ1) is 10.2. The van der Waals surface area contributed by atoms with Gasteiger partial charge >= 0.3 is 6.18 Å². The van der Waals surface area contributed by atoms with Crippen molar-refractivity contribution in [2.45, 2.75) is 26.4 Å². The molecular weight excluding hydrogens is 313 g/mol. The van der Waals surface area contributed by atoms with E-state index in [2.05, 4.69) is 35.5 Å². The topological polar surface area (TPSA) is 32.3 Å². The molecule has 1 aliphatic heterocycles. The Morgan fingerprint density at radius 3 is 2.32 bits per heavy atom. The van der Waals surface area contributed by atoms with Crippen molar-refractivity contribution in [3.8, 4) is 0 Å². The Kier molecular flexibility index (Phi) is 5.11. The van der Waals surface area contributed by atoms with Crippen molar-refractivity contribution in [1.29, 1.82) is 0 Å². The van der Waals surface area contributed by atoms with Gasteiger partial charge in [-0.05, 0) is 11.8 Å². The van der Waals surface area contributed by atoms with E-state index in [0.29, 0.717) is 29.6 Å². The third kappa shape index (κ3) is 4.42. The molecule has 0 atom stereocenters. The minimum atomic E-state index is -4.41. The molecule has 124 valence electrons. The van der Waals surface area contributed by atoms with Crippen molar-refractivity contribution in [1.82, 2.24) is 15.1 Å². The zero-order valence-electron chi connectivity index (χ0n) is 12.9. The predicted octanol–water partition coefficient (Wildman–Crippen LogP) is 3.28. The first kappa shape index (κ1) is 17.2. The van der Waals surface area contributed by atoms with E-state index in [1.807, 2.05) is 11.0 Å². The molecule has 2 heterocycles. The summed E-state index contributed by atoms with van der Waals surface area (Å²) in [6.45, 7) is 12.1. The van der Waals surface area contributed by atoms with E-state index in [-0.39, 0.29) is 5.41 Å². The van der Waals surface area contributed by atoms with Crippen LogP contribution in [-0.4, -0.2) is 47.8 Å². The number of piperazine rings is 1. The van der Waals surface area contributed by atoms with E-state index in [1.54, 1.807) is 0 Å². The fourth-order valence-corrected chi connectivity index (χ4v) is 3.38. The minimum absolute atomic E-state index is 0.163. The summed E-state index contributed by atoms with van der Waals surface area (Å²) in [7, 11) is 0. The van der Waals surface area contributed by atoms with Crippen LogP contribution in [0.3, 0.4) is 0 Å². The van der Waals surface area contributed by atoms with E-state index >= 15 is 0 Å². The molecule has 1 fully saturated rings. The van der Waals surface area contributed by atoms with Gasteiger partial charge in [-0.1, -0.05) is 31.3 Å². The SMILES string of the molecule is C=CCC(C)(C)CN1CCN(c2nnc(C(F)(F)F)s2)CC1. The lowest BCUT2D eigenvalue weighted by atomic mass is 9.88. The highest BCUT2D eigenvalue weighted by molar-refractivity contribution is 7.15. The summed E-state index contributed by atoms with van der Waals surface area (Å²) in [4.78, 5) is 4.22. The van der Waals surface area contributed by atoms with Gasteiger partial charge in [-0.2, -0.15) is 13.2 Å². The zero-order chi connectivity index (χ0) is 16.4. The smallest absolute Gasteiger partial charge is 0.344 e. The molecule has 4 nitrogen and oxygen atoms in total. The molecule has 0 amide bonds. The molecule has 0 spiro atoms. The van der Waals surface area contributed by atoms with Gasteiger partial charge in [0.2, 0.25) is 10.1 Å². The Morgan fingerprint density at radius 1 is 1.18 bits per heavy atom. The molecule has 0 radical (unpaired) electrons. The van der Waals surface area contributed by atoms with Crippen LogP contribution in [0.4, 0.5) is 18.3 Å². The highest BCUT2D eigenvalue weighted by Gasteiger charge is 2.36. The molecule has 8 heteroatoms. The lowest BCUT2D eigenvalue weighted by molar-refractivity contribution is -0.138. The van der Waals surface area contributed by atoms with Crippen molar-refractivity contribution in [3.05, 3.63) is 17.7 Å². The van der Waals surface area contributed by atoms with Gasteiger partial charge in [0.25, 0.3) is 0 Å². The molecule has 0 saturated carbocycles. The molecule has 0 N–H and O–H groups in total. The standard InChI is InChI=1S/C14H21F3N4S/c1-4-5-13(2,3)10-20-6-8-21(9-7-20)12-19-18-11(22-12)14(15,16)17/h4H,1,5-10H2,2-3H3. The lowest BCUT2D eigenvalue weighted by Gasteiger charge is -2.38. The number of allylic oxidation sites excluding steroid dienone is 1. The normalized spacial score (nSPS) is 17.8. The van der Waals surface area contributed by atoms with Crippen LogP contribution in [0.15, 0.2) is 12.7 Å². The van der Waals surface area contributed by atoms with E-state index in [4.69, 9.17) is 0 Å². The summed E-state index contributed by atoms with van der Waals surface area (Å²) in [5, 5.41) is 6.40. The molecule has 1 aromatic heterocycles. The van der Waals surface area contributed by atoms with Crippen molar-refractivity contribution in [2.75, 3.05) is 37.6 Å². The number of anilines is 1. The van der Waals surface area contributed by atoms with Crippen molar-refractivity contribution >= 4 is 16.5 Å². The van der Waals surface area contributed by atoms with Crippen LogP contribution in [0.1, 0.15) is 25.3 Å². The molecule has 0 unspecified atom stereocenters. The monoisotopic (exact) mass is 334 g/mol. The van der Waals surface area contributed by atoms with Gasteiger partial charge in [-0.15, -0.1) is 16.8 Å². The molecule has 1 aliphatic rings. The maximum absolute atomic E-state index is 12.6. The molecule has 22 heavy (non-hydrogen) atoms. The van der Waals surface area contributed by atoms with Crippen molar-refractivity contribution < 1.29 is 13.2 Å². The second-order valence-corrected chi connectivity index (χ2v) is 7.26. The van der Waals surface area contributed by atoms with Crippen molar-refractivity contribution in [2.24, 2.45) is 5.41 Å². The number of hydrogen-bond acceptors (Lipinski definition) is 5. The van der Waals surface area contributed by atoms with Crippen LogP contribution in [0.25, 0.3) is 0 Å². The first-order valence-electron chi connectivity index (χ1n) is 7.20. The number of aromatic nitrogens is 2.